The van der Waals surface area contributed by atoms with E-state index in [4.69, 9.17) is 14.0 Å². The van der Waals surface area contributed by atoms with Gasteiger partial charge in [-0.1, -0.05) is 140 Å². The molecule has 1 saturated heterocycles. The third-order valence-corrected chi connectivity index (χ3v) is 10.2. The summed E-state index contributed by atoms with van der Waals surface area (Å²) < 4.78 is 47.3. The van der Waals surface area contributed by atoms with Gasteiger partial charge in [-0.15, -0.1) is 0 Å². The summed E-state index contributed by atoms with van der Waals surface area (Å²) >= 11 is 0. The number of hydrogen-bond acceptors (Lipinski definition) is 11. The molecule has 56 heavy (non-hydrogen) atoms. The van der Waals surface area contributed by atoms with Gasteiger partial charge < -0.3 is 40.3 Å². The molecule has 1 aliphatic rings. The number of amides is 1. The first-order valence-electron chi connectivity index (χ1n) is 21.1. The van der Waals surface area contributed by atoms with E-state index >= 15 is 0 Å². The molecule has 0 spiro atoms. The van der Waals surface area contributed by atoms with Gasteiger partial charge in [-0.2, -0.15) is 8.42 Å². The molecule has 1 aliphatic heterocycles. The summed E-state index contributed by atoms with van der Waals surface area (Å²) in [5.41, 5.74) is 0. The van der Waals surface area contributed by atoms with E-state index in [1.807, 2.05) is 0 Å². The molecular formula is C42H75NO12S. The van der Waals surface area contributed by atoms with Gasteiger partial charge in [0, 0.05) is 0 Å². The molecule has 8 unspecified atom stereocenters. The average Bonchev–Trinajstić information content (AvgIpc) is 3.16. The number of carbonyl (C=O) groups is 1. The molecule has 1 fully saturated rings. The van der Waals surface area contributed by atoms with Gasteiger partial charge in [0.25, 0.3) is 0 Å². The molecule has 0 aromatic rings. The molecule has 0 bridgehead atoms. The first-order valence-corrected chi connectivity index (χ1v) is 22.5. The third-order valence-electron chi connectivity index (χ3n) is 9.72. The molecule has 1 rings (SSSR count). The Bertz CT molecular complexity index is 1210. The molecule has 1 amide bonds. The van der Waals surface area contributed by atoms with E-state index in [9.17, 15) is 38.7 Å². The standard InChI is InChI=1S/C42H75NO12S/c1-3-5-7-9-11-13-15-17-19-21-23-25-27-29-31-36(46)41(49)43-34(35(45)30-28-26-24-22-20-18-16-14-12-10-8-6-4-2)33-53-42-39(48)40(55-56(50,51)52)38(47)37(32-44)54-42/h11,13,15,17,20,22,28,30,34-40,42,44-48H,3-10,12,14,16,18-19,21,23-27,29,31-33H2,1-2H3,(H,43,49)(H,50,51,52)/b13-11-,17-15-,22-20+,30-28+. The zero-order chi connectivity index (χ0) is 41.4. The zero-order valence-corrected chi connectivity index (χ0v) is 34.9. The van der Waals surface area contributed by atoms with Crippen molar-refractivity contribution in [2.24, 2.45) is 0 Å². The van der Waals surface area contributed by atoms with Crippen LogP contribution in [0.5, 0.6) is 0 Å². The second kappa shape index (κ2) is 32.9. The van der Waals surface area contributed by atoms with Gasteiger partial charge in [-0.3, -0.25) is 9.35 Å². The van der Waals surface area contributed by atoms with Crippen molar-refractivity contribution in [3.8, 4) is 0 Å². The van der Waals surface area contributed by atoms with Gasteiger partial charge in [0.2, 0.25) is 5.91 Å². The van der Waals surface area contributed by atoms with Crippen LogP contribution in [-0.4, -0.2) is 107 Å². The molecule has 326 valence electrons. The minimum absolute atomic E-state index is 0.217. The normalized spacial score (nSPS) is 22.5. The lowest BCUT2D eigenvalue weighted by Gasteiger charge is -2.41. The lowest BCUT2D eigenvalue weighted by Crippen LogP contribution is -2.61. The first-order chi connectivity index (χ1) is 26.9. The predicted molar refractivity (Wildman–Crippen MR) is 219 cm³/mol. The Morgan fingerprint density at radius 3 is 1.86 bits per heavy atom. The number of unbranched alkanes of at least 4 members (excludes halogenated alkanes) is 16. The van der Waals surface area contributed by atoms with Crippen molar-refractivity contribution in [2.45, 2.75) is 198 Å². The van der Waals surface area contributed by atoms with Crippen LogP contribution in [0.25, 0.3) is 0 Å². The van der Waals surface area contributed by atoms with E-state index in [1.54, 1.807) is 6.08 Å². The Kier molecular flexibility index (Phi) is 30.6. The molecule has 8 atom stereocenters. The van der Waals surface area contributed by atoms with Crippen LogP contribution >= 0.6 is 0 Å². The quantitative estimate of drug-likeness (QED) is 0.0165. The van der Waals surface area contributed by atoms with Gasteiger partial charge in [0.15, 0.2) is 6.29 Å². The Hall–Kier alpha value is -1.98. The van der Waals surface area contributed by atoms with Gasteiger partial charge in [-0.25, -0.2) is 4.18 Å². The van der Waals surface area contributed by atoms with Crippen molar-refractivity contribution in [3.63, 3.8) is 0 Å². The first kappa shape index (κ1) is 52.0. The minimum atomic E-state index is -5.12. The molecule has 0 aliphatic carbocycles. The highest BCUT2D eigenvalue weighted by Crippen LogP contribution is 2.26. The summed E-state index contributed by atoms with van der Waals surface area (Å²) in [6.07, 6.45) is 26.3. The number of rotatable bonds is 34. The SMILES string of the molecule is CCCCC/C=C\C=C/CCCCCCCC(O)C(=O)NC(COC1OC(CO)C(O)C(OS(=O)(=O)O)C1O)C(O)/C=C/CC/C=C/CCCCCCCCC. The topological polar surface area (TPSA) is 212 Å². The van der Waals surface area contributed by atoms with Crippen molar-refractivity contribution in [1.29, 1.82) is 0 Å². The molecule has 0 radical (unpaired) electrons. The summed E-state index contributed by atoms with van der Waals surface area (Å²) in [5.74, 6) is -0.728. The van der Waals surface area contributed by atoms with Gasteiger partial charge in [-0.05, 0) is 57.8 Å². The largest absolute Gasteiger partial charge is 0.397 e. The fourth-order valence-electron chi connectivity index (χ4n) is 6.29. The monoisotopic (exact) mass is 818 g/mol. The Morgan fingerprint density at radius 2 is 1.25 bits per heavy atom. The second-order valence-corrected chi connectivity index (χ2v) is 15.8. The molecular weight excluding hydrogens is 743 g/mol. The molecule has 0 aromatic carbocycles. The summed E-state index contributed by atoms with van der Waals surface area (Å²) in [4.78, 5) is 13.0. The third kappa shape index (κ3) is 25.4. The minimum Gasteiger partial charge on any atom is -0.394 e. The van der Waals surface area contributed by atoms with E-state index in [1.165, 1.54) is 63.9 Å². The van der Waals surface area contributed by atoms with E-state index in [-0.39, 0.29) is 6.42 Å². The van der Waals surface area contributed by atoms with Gasteiger partial charge in [0.1, 0.15) is 30.5 Å². The van der Waals surface area contributed by atoms with Crippen LogP contribution in [0.2, 0.25) is 0 Å². The molecule has 14 heteroatoms. The highest BCUT2D eigenvalue weighted by molar-refractivity contribution is 7.80. The van der Waals surface area contributed by atoms with Crippen LogP contribution < -0.4 is 5.32 Å². The molecule has 0 aromatic heterocycles. The second-order valence-electron chi connectivity index (χ2n) is 14.7. The Labute approximate surface area is 337 Å². The van der Waals surface area contributed by atoms with Crippen molar-refractivity contribution >= 4 is 16.3 Å². The number of ether oxygens (including phenoxy) is 2. The fourth-order valence-corrected chi connectivity index (χ4v) is 6.80. The summed E-state index contributed by atoms with van der Waals surface area (Å²) in [7, 11) is -5.12. The van der Waals surface area contributed by atoms with Crippen LogP contribution in [0, 0.1) is 0 Å². The number of hydrogen-bond donors (Lipinski definition) is 7. The number of allylic oxidation sites excluding steroid dienone is 7. The average molecular weight is 818 g/mol. The van der Waals surface area contributed by atoms with E-state index in [0.717, 1.165) is 57.8 Å². The zero-order valence-electron chi connectivity index (χ0n) is 34.0. The summed E-state index contributed by atoms with van der Waals surface area (Å²) in [6.45, 7) is 3.11. The van der Waals surface area contributed by atoms with Crippen molar-refractivity contribution in [1.82, 2.24) is 5.32 Å². The highest BCUT2D eigenvalue weighted by atomic mass is 32.3. The van der Waals surface area contributed by atoms with Gasteiger partial charge in [0.05, 0.1) is 25.4 Å². The van der Waals surface area contributed by atoms with Crippen molar-refractivity contribution in [3.05, 3.63) is 48.6 Å². The van der Waals surface area contributed by atoms with Crippen LogP contribution in [0.15, 0.2) is 48.6 Å². The fraction of sp³-hybridized carbons (Fsp3) is 0.786. The van der Waals surface area contributed by atoms with E-state index in [0.29, 0.717) is 12.8 Å². The van der Waals surface area contributed by atoms with Crippen LogP contribution in [0.1, 0.15) is 149 Å². The number of aliphatic hydroxyl groups is 5. The Balaban J connectivity index is 2.70. The van der Waals surface area contributed by atoms with Gasteiger partial charge >= 0.3 is 10.4 Å². The summed E-state index contributed by atoms with van der Waals surface area (Å²) in [5, 5.41) is 55.0. The van der Waals surface area contributed by atoms with E-state index in [2.05, 4.69) is 59.8 Å². The lowest BCUT2D eigenvalue weighted by molar-refractivity contribution is -0.298. The predicted octanol–water partition coefficient (Wildman–Crippen LogP) is 6.29. The smallest absolute Gasteiger partial charge is 0.394 e. The molecule has 0 saturated carbocycles. The maximum absolute atomic E-state index is 13.0. The maximum Gasteiger partial charge on any atom is 0.397 e. The summed E-state index contributed by atoms with van der Waals surface area (Å²) in [6, 6.07) is -1.14. The number of carbonyl (C=O) groups excluding carboxylic acids is 1. The number of nitrogens with one attached hydrogen (secondary N) is 1. The van der Waals surface area contributed by atoms with Crippen LogP contribution in [-0.2, 0) is 28.9 Å². The van der Waals surface area contributed by atoms with E-state index < -0.39 is 78.5 Å². The molecule has 13 nitrogen and oxygen atoms in total. The maximum atomic E-state index is 13.0. The molecule has 7 N–H and O–H groups in total. The van der Waals surface area contributed by atoms with Crippen molar-refractivity contribution < 1.29 is 57.0 Å². The van der Waals surface area contributed by atoms with Crippen LogP contribution in [0.3, 0.4) is 0 Å². The van der Waals surface area contributed by atoms with Crippen LogP contribution in [0.4, 0.5) is 0 Å². The molecule has 1 heterocycles. The highest BCUT2D eigenvalue weighted by Gasteiger charge is 2.48. The van der Waals surface area contributed by atoms with Crippen molar-refractivity contribution in [2.75, 3.05) is 13.2 Å². The number of aliphatic hydroxyl groups excluding tert-OH is 5. The lowest BCUT2D eigenvalue weighted by atomic mass is 9.99. The Morgan fingerprint density at radius 1 is 0.732 bits per heavy atom.